The van der Waals surface area contributed by atoms with E-state index in [0.29, 0.717) is 0 Å². The Balaban J connectivity index is 2.02. The summed E-state index contributed by atoms with van der Waals surface area (Å²) in [4.78, 5) is 1.22. The van der Waals surface area contributed by atoms with Gasteiger partial charge in [0.1, 0.15) is 0 Å². The summed E-state index contributed by atoms with van der Waals surface area (Å²) in [6, 6.07) is 11.0. The highest BCUT2D eigenvalue weighted by atomic mass is 35.5. The van der Waals surface area contributed by atoms with Crippen LogP contribution in [0.5, 0.6) is 0 Å². The van der Waals surface area contributed by atoms with Crippen LogP contribution >= 0.6 is 22.9 Å². The molecule has 0 amide bonds. The highest BCUT2D eigenvalue weighted by molar-refractivity contribution is 7.10. The number of benzene rings is 1. The van der Waals surface area contributed by atoms with Crippen LogP contribution < -0.4 is 5.32 Å². The van der Waals surface area contributed by atoms with Gasteiger partial charge in [0.2, 0.25) is 0 Å². The Morgan fingerprint density at radius 3 is 2.63 bits per heavy atom. The Morgan fingerprint density at radius 2 is 2.05 bits per heavy atom. The molecule has 100 valence electrons. The first kappa shape index (κ1) is 13.2. The van der Waals surface area contributed by atoms with E-state index in [2.05, 4.69) is 35.0 Å². The Hall–Kier alpha value is -0.830. The van der Waals surface area contributed by atoms with Crippen molar-refractivity contribution in [3.05, 3.63) is 56.7 Å². The van der Waals surface area contributed by atoms with Crippen molar-refractivity contribution in [2.75, 3.05) is 7.05 Å². The van der Waals surface area contributed by atoms with Crippen LogP contribution in [-0.2, 0) is 0 Å². The van der Waals surface area contributed by atoms with E-state index in [9.17, 15) is 0 Å². The maximum Gasteiger partial charge on any atom is 0.0686 e. The lowest BCUT2D eigenvalue weighted by Gasteiger charge is -2.30. The van der Waals surface area contributed by atoms with E-state index in [4.69, 9.17) is 11.6 Å². The number of nitrogens with one attached hydrogen (secondary N) is 1. The van der Waals surface area contributed by atoms with Crippen LogP contribution in [-0.4, -0.2) is 7.05 Å². The largest absolute Gasteiger partial charge is 0.309 e. The van der Waals surface area contributed by atoms with Gasteiger partial charge in [0.05, 0.1) is 11.1 Å². The fourth-order valence-electron chi connectivity index (χ4n) is 2.80. The number of rotatable bonds is 4. The molecule has 0 aliphatic heterocycles. The SMILES string of the molecule is CNC(c1ccccc1C1CCC1)c1sccc1Cl. The van der Waals surface area contributed by atoms with Crippen molar-refractivity contribution >= 4 is 22.9 Å². The Labute approximate surface area is 123 Å². The van der Waals surface area contributed by atoms with E-state index in [1.165, 1.54) is 35.3 Å². The van der Waals surface area contributed by atoms with Crippen LogP contribution in [0.1, 0.15) is 47.2 Å². The first-order chi connectivity index (χ1) is 9.31. The lowest BCUT2D eigenvalue weighted by Crippen LogP contribution is -2.21. The summed E-state index contributed by atoms with van der Waals surface area (Å²) in [5, 5.41) is 6.36. The molecular weight excluding hydrogens is 274 g/mol. The van der Waals surface area contributed by atoms with Crippen LogP contribution in [0.4, 0.5) is 0 Å². The predicted octanol–water partition coefficient (Wildman–Crippen LogP) is 4.98. The van der Waals surface area contributed by atoms with Crippen LogP contribution in [0, 0.1) is 0 Å². The van der Waals surface area contributed by atoms with Crippen molar-refractivity contribution < 1.29 is 0 Å². The number of thiophene rings is 1. The van der Waals surface area contributed by atoms with Gasteiger partial charge in [0, 0.05) is 4.88 Å². The lowest BCUT2D eigenvalue weighted by atomic mass is 9.77. The van der Waals surface area contributed by atoms with Crippen molar-refractivity contribution in [3.8, 4) is 0 Å². The standard InChI is InChI=1S/C16H18ClNS/c1-18-15(16-14(17)9-10-19-16)13-8-3-2-7-12(13)11-5-4-6-11/h2-3,7-11,15,18H,4-6H2,1H3. The predicted molar refractivity (Wildman–Crippen MR) is 83.3 cm³/mol. The molecule has 1 aromatic carbocycles. The van der Waals surface area contributed by atoms with Gasteiger partial charge in [-0.2, -0.15) is 0 Å². The smallest absolute Gasteiger partial charge is 0.0686 e. The summed E-state index contributed by atoms with van der Waals surface area (Å²) < 4.78 is 0. The van der Waals surface area contributed by atoms with E-state index < -0.39 is 0 Å². The first-order valence-corrected chi connectivity index (χ1v) is 8.06. The minimum Gasteiger partial charge on any atom is -0.309 e. The van der Waals surface area contributed by atoms with Crippen molar-refractivity contribution in [1.29, 1.82) is 0 Å². The third-order valence-corrected chi connectivity index (χ3v) is 5.47. The minimum atomic E-state index is 0.212. The van der Waals surface area contributed by atoms with Crippen molar-refractivity contribution in [2.24, 2.45) is 0 Å². The van der Waals surface area contributed by atoms with Gasteiger partial charge in [-0.25, -0.2) is 0 Å². The summed E-state index contributed by atoms with van der Waals surface area (Å²) >= 11 is 8.04. The summed E-state index contributed by atoms with van der Waals surface area (Å²) in [5.41, 5.74) is 2.89. The van der Waals surface area contributed by atoms with Crippen molar-refractivity contribution in [1.82, 2.24) is 5.32 Å². The average Bonchev–Trinajstić information content (AvgIpc) is 2.77. The molecule has 1 fully saturated rings. The quantitative estimate of drug-likeness (QED) is 0.838. The van der Waals surface area contributed by atoms with Gasteiger partial charge in [0.25, 0.3) is 0 Å². The maximum absolute atomic E-state index is 6.31. The van der Waals surface area contributed by atoms with Crippen LogP contribution in [0.2, 0.25) is 5.02 Å². The van der Waals surface area contributed by atoms with Gasteiger partial charge in [-0.15, -0.1) is 11.3 Å². The molecule has 0 bridgehead atoms. The second-order valence-electron chi connectivity index (χ2n) is 5.11. The van der Waals surface area contributed by atoms with Gasteiger partial charge in [-0.1, -0.05) is 42.3 Å². The summed E-state index contributed by atoms with van der Waals surface area (Å²) in [5.74, 6) is 0.741. The lowest BCUT2D eigenvalue weighted by molar-refractivity contribution is 0.415. The van der Waals surface area contributed by atoms with Gasteiger partial charge >= 0.3 is 0 Å². The fraction of sp³-hybridized carbons (Fsp3) is 0.375. The monoisotopic (exact) mass is 291 g/mol. The highest BCUT2D eigenvalue weighted by Gasteiger charge is 2.26. The zero-order valence-electron chi connectivity index (χ0n) is 11.0. The molecule has 1 aliphatic carbocycles. The molecule has 1 nitrogen and oxygen atoms in total. The molecule has 3 heteroatoms. The van der Waals surface area contributed by atoms with E-state index >= 15 is 0 Å². The zero-order chi connectivity index (χ0) is 13.2. The second kappa shape index (κ2) is 5.66. The number of hydrogen-bond donors (Lipinski definition) is 1. The fourth-order valence-corrected chi connectivity index (χ4v) is 4.10. The molecule has 2 aromatic rings. The molecule has 3 rings (SSSR count). The van der Waals surface area contributed by atoms with Crippen molar-refractivity contribution in [2.45, 2.75) is 31.2 Å². The minimum absolute atomic E-state index is 0.212. The molecule has 1 aliphatic rings. The first-order valence-electron chi connectivity index (χ1n) is 6.80. The third-order valence-electron chi connectivity index (χ3n) is 4.05. The highest BCUT2D eigenvalue weighted by Crippen LogP contribution is 2.42. The molecule has 19 heavy (non-hydrogen) atoms. The summed E-state index contributed by atoms with van der Waals surface area (Å²) in [6.45, 7) is 0. The maximum atomic E-state index is 6.31. The van der Waals surface area contributed by atoms with Gasteiger partial charge in [0.15, 0.2) is 0 Å². The summed E-state index contributed by atoms with van der Waals surface area (Å²) in [7, 11) is 2.01. The van der Waals surface area contributed by atoms with E-state index in [1.807, 2.05) is 13.1 Å². The van der Waals surface area contributed by atoms with Crippen LogP contribution in [0.3, 0.4) is 0 Å². The Morgan fingerprint density at radius 1 is 1.26 bits per heavy atom. The van der Waals surface area contributed by atoms with E-state index in [-0.39, 0.29) is 6.04 Å². The molecule has 1 unspecified atom stereocenters. The van der Waals surface area contributed by atoms with Gasteiger partial charge in [-0.05, 0) is 48.4 Å². The molecule has 1 heterocycles. The average molecular weight is 292 g/mol. The van der Waals surface area contributed by atoms with E-state index in [0.717, 1.165) is 10.9 Å². The molecule has 0 radical (unpaired) electrons. The second-order valence-corrected chi connectivity index (χ2v) is 6.47. The molecule has 0 saturated heterocycles. The number of halogens is 1. The molecular formula is C16H18ClNS. The third kappa shape index (κ3) is 2.45. The van der Waals surface area contributed by atoms with E-state index in [1.54, 1.807) is 11.3 Å². The van der Waals surface area contributed by atoms with Crippen LogP contribution in [0.15, 0.2) is 35.7 Å². The van der Waals surface area contributed by atoms with Crippen LogP contribution in [0.25, 0.3) is 0 Å². The zero-order valence-corrected chi connectivity index (χ0v) is 12.6. The Bertz CT molecular complexity index is 559. The topological polar surface area (TPSA) is 12.0 Å². The number of hydrogen-bond acceptors (Lipinski definition) is 2. The Kier molecular flexibility index (Phi) is 3.92. The molecule has 1 atom stereocenters. The normalized spacial score (nSPS) is 17.2. The van der Waals surface area contributed by atoms with Crippen molar-refractivity contribution in [3.63, 3.8) is 0 Å². The van der Waals surface area contributed by atoms with Gasteiger partial charge < -0.3 is 5.32 Å². The van der Waals surface area contributed by atoms with Gasteiger partial charge in [-0.3, -0.25) is 0 Å². The summed E-state index contributed by atoms with van der Waals surface area (Å²) in [6.07, 6.45) is 4.01. The molecule has 1 aromatic heterocycles. The molecule has 1 N–H and O–H groups in total. The molecule has 0 spiro atoms. The molecule has 1 saturated carbocycles.